The topological polar surface area (TPSA) is 61.7 Å². The molecule has 2 aromatic carbocycles. The van der Waals surface area contributed by atoms with Crippen LogP contribution < -0.4 is 5.32 Å². The van der Waals surface area contributed by atoms with Crippen LogP contribution in [0.1, 0.15) is 5.56 Å². The third kappa shape index (κ3) is 3.75. The summed E-state index contributed by atoms with van der Waals surface area (Å²) in [4.78, 5) is 0. The van der Waals surface area contributed by atoms with Crippen LogP contribution in [0.15, 0.2) is 40.9 Å². The molecule has 0 unspecified atom stereocenters. The van der Waals surface area contributed by atoms with Crippen molar-refractivity contribution >= 4 is 15.9 Å². The molecule has 2 aromatic rings. The molecule has 2 rings (SSSR count). The molecule has 4 nitrogen and oxygen atoms in total. The molecule has 0 atom stereocenters. The molecule has 0 heterocycles. The van der Waals surface area contributed by atoms with Crippen molar-refractivity contribution in [2.75, 3.05) is 20.3 Å². The smallest absolute Gasteiger partial charge is 0.133 e. The molecule has 3 N–H and O–H groups in total. The number of ether oxygens (including phenoxy) is 1. The Labute approximate surface area is 132 Å². The van der Waals surface area contributed by atoms with Gasteiger partial charge in [0, 0.05) is 31.8 Å². The largest absolute Gasteiger partial charge is 0.507 e. The molecule has 5 heteroatoms. The molecular weight excluding hydrogens is 334 g/mol. The average molecular weight is 352 g/mol. The summed E-state index contributed by atoms with van der Waals surface area (Å²) >= 11 is 3.40. The molecule has 0 aliphatic heterocycles. The Hall–Kier alpha value is -1.56. The minimum atomic E-state index is 0.0238. The zero-order chi connectivity index (χ0) is 15.2. The lowest BCUT2D eigenvalue weighted by molar-refractivity contribution is 0.199. The first-order valence-electron chi connectivity index (χ1n) is 6.63. The number of benzene rings is 2. The quantitative estimate of drug-likeness (QED) is 0.699. The zero-order valence-electron chi connectivity index (χ0n) is 11.8. The fourth-order valence-corrected chi connectivity index (χ4v) is 2.62. The lowest BCUT2D eigenvalue weighted by Gasteiger charge is -2.16. The molecule has 0 radical (unpaired) electrons. The fourth-order valence-electron chi connectivity index (χ4n) is 2.16. The minimum absolute atomic E-state index is 0.0238. The Kier molecular flexibility index (Phi) is 5.61. The summed E-state index contributed by atoms with van der Waals surface area (Å²) < 4.78 is 5.59. The standard InChI is InChI=1S/C16H18BrNO3/c1-21-8-7-18-10-12-15(11-5-3-2-4-6-11)13(19)9-14(20)16(12)17/h2-6,9,18-20H,7-8,10H2,1H3. The molecule has 0 fully saturated rings. The Morgan fingerprint density at radius 2 is 1.86 bits per heavy atom. The molecule has 0 saturated heterocycles. The Bertz CT molecular complexity index is 602. The van der Waals surface area contributed by atoms with E-state index in [-0.39, 0.29) is 11.5 Å². The van der Waals surface area contributed by atoms with Gasteiger partial charge in [0.1, 0.15) is 11.5 Å². The summed E-state index contributed by atoms with van der Waals surface area (Å²) in [5, 5.41) is 23.3. The first-order valence-corrected chi connectivity index (χ1v) is 7.42. The highest BCUT2D eigenvalue weighted by Gasteiger charge is 2.17. The second-order valence-electron chi connectivity index (χ2n) is 4.62. The fraction of sp³-hybridized carbons (Fsp3) is 0.250. The highest BCUT2D eigenvalue weighted by atomic mass is 79.9. The maximum atomic E-state index is 10.2. The number of phenolic OH excluding ortho intramolecular Hbond substituents is 2. The highest BCUT2D eigenvalue weighted by Crippen LogP contribution is 2.41. The van der Waals surface area contributed by atoms with Crippen molar-refractivity contribution < 1.29 is 14.9 Å². The van der Waals surface area contributed by atoms with Crippen molar-refractivity contribution in [2.45, 2.75) is 6.54 Å². The molecule has 21 heavy (non-hydrogen) atoms. The van der Waals surface area contributed by atoms with Crippen molar-refractivity contribution in [3.05, 3.63) is 46.4 Å². The van der Waals surface area contributed by atoms with Gasteiger partial charge in [0.15, 0.2) is 0 Å². The molecule has 0 aliphatic rings. The maximum absolute atomic E-state index is 10.2. The van der Waals surface area contributed by atoms with Gasteiger partial charge >= 0.3 is 0 Å². The van der Waals surface area contributed by atoms with Crippen molar-refractivity contribution in [3.8, 4) is 22.6 Å². The summed E-state index contributed by atoms with van der Waals surface area (Å²) in [6.45, 7) is 1.80. The van der Waals surface area contributed by atoms with Crippen LogP contribution in [0.25, 0.3) is 11.1 Å². The number of nitrogens with one attached hydrogen (secondary N) is 1. The summed E-state index contributed by atoms with van der Waals surface area (Å²) in [7, 11) is 1.65. The number of phenols is 2. The number of rotatable bonds is 6. The van der Waals surface area contributed by atoms with E-state index < -0.39 is 0 Å². The van der Waals surface area contributed by atoms with E-state index in [4.69, 9.17) is 4.74 Å². The number of hydrogen-bond acceptors (Lipinski definition) is 4. The van der Waals surface area contributed by atoms with Gasteiger partial charge in [-0.15, -0.1) is 0 Å². The van der Waals surface area contributed by atoms with E-state index in [2.05, 4.69) is 21.2 Å². The van der Waals surface area contributed by atoms with E-state index in [1.807, 2.05) is 30.3 Å². The predicted octanol–water partition coefficient (Wildman–Crippen LogP) is 3.26. The average Bonchev–Trinajstić information content (AvgIpc) is 2.49. The first kappa shape index (κ1) is 15.8. The third-order valence-corrected chi connectivity index (χ3v) is 4.05. The number of methoxy groups -OCH3 is 1. The van der Waals surface area contributed by atoms with Crippen LogP contribution in [0.5, 0.6) is 11.5 Å². The van der Waals surface area contributed by atoms with Crippen molar-refractivity contribution in [2.24, 2.45) is 0 Å². The molecule has 0 amide bonds. The van der Waals surface area contributed by atoms with Gasteiger partial charge < -0.3 is 20.3 Å². The van der Waals surface area contributed by atoms with Crippen LogP contribution in [0.3, 0.4) is 0 Å². The maximum Gasteiger partial charge on any atom is 0.133 e. The van der Waals surface area contributed by atoms with Crippen LogP contribution in [0.2, 0.25) is 0 Å². The molecule has 0 aliphatic carbocycles. The van der Waals surface area contributed by atoms with Gasteiger partial charge in [-0.2, -0.15) is 0 Å². The van der Waals surface area contributed by atoms with Gasteiger partial charge in [-0.05, 0) is 27.1 Å². The lowest BCUT2D eigenvalue weighted by atomic mass is 9.98. The normalized spacial score (nSPS) is 10.8. The first-order chi connectivity index (χ1) is 10.1. The van der Waals surface area contributed by atoms with Gasteiger partial charge in [-0.25, -0.2) is 0 Å². The summed E-state index contributed by atoms with van der Waals surface area (Å²) in [5.74, 6) is 0.0844. The van der Waals surface area contributed by atoms with E-state index in [0.717, 1.165) is 11.1 Å². The van der Waals surface area contributed by atoms with E-state index in [0.29, 0.717) is 29.7 Å². The van der Waals surface area contributed by atoms with Crippen molar-refractivity contribution in [1.29, 1.82) is 0 Å². The zero-order valence-corrected chi connectivity index (χ0v) is 13.4. The van der Waals surface area contributed by atoms with Crippen LogP contribution in [0.4, 0.5) is 0 Å². The highest BCUT2D eigenvalue weighted by molar-refractivity contribution is 9.10. The monoisotopic (exact) mass is 351 g/mol. The van der Waals surface area contributed by atoms with Crippen molar-refractivity contribution in [3.63, 3.8) is 0 Å². The van der Waals surface area contributed by atoms with Gasteiger partial charge in [0.05, 0.1) is 11.1 Å². The van der Waals surface area contributed by atoms with Gasteiger partial charge in [-0.3, -0.25) is 0 Å². The molecule has 0 bridgehead atoms. The number of halogens is 1. The van der Waals surface area contributed by atoms with Crippen LogP contribution in [0, 0.1) is 0 Å². The molecule has 0 spiro atoms. The van der Waals surface area contributed by atoms with E-state index in [9.17, 15) is 10.2 Å². The van der Waals surface area contributed by atoms with Gasteiger partial charge in [0.25, 0.3) is 0 Å². The van der Waals surface area contributed by atoms with E-state index in [1.165, 1.54) is 6.07 Å². The van der Waals surface area contributed by atoms with Gasteiger partial charge in [0.2, 0.25) is 0 Å². The second kappa shape index (κ2) is 7.45. The van der Waals surface area contributed by atoms with Crippen molar-refractivity contribution in [1.82, 2.24) is 5.32 Å². The Balaban J connectivity index is 2.40. The van der Waals surface area contributed by atoms with Gasteiger partial charge in [-0.1, -0.05) is 30.3 Å². The predicted molar refractivity (Wildman–Crippen MR) is 86.5 cm³/mol. The molecule has 0 aromatic heterocycles. The minimum Gasteiger partial charge on any atom is -0.507 e. The molecular formula is C16H18BrNO3. The SMILES string of the molecule is COCCNCc1c(Br)c(O)cc(O)c1-c1ccccc1. The van der Waals surface area contributed by atoms with Crippen LogP contribution in [-0.2, 0) is 11.3 Å². The van der Waals surface area contributed by atoms with E-state index >= 15 is 0 Å². The number of hydrogen-bond donors (Lipinski definition) is 3. The molecule has 0 saturated carbocycles. The Morgan fingerprint density at radius 1 is 1.14 bits per heavy atom. The Morgan fingerprint density at radius 3 is 2.52 bits per heavy atom. The number of aromatic hydroxyl groups is 2. The van der Waals surface area contributed by atoms with E-state index in [1.54, 1.807) is 7.11 Å². The lowest BCUT2D eigenvalue weighted by Crippen LogP contribution is -2.19. The summed E-state index contributed by atoms with van der Waals surface area (Å²) in [6, 6.07) is 11.0. The van der Waals surface area contributed by atoms with Crippen LogP contribution >= 0.6 is 15.9 Å². The second-order valence-corrected chi connectivity index (χ2v) is 5.41. The summed E-state index contributed by atoms with van der Waals surface area (Å²) in [6.07, 6.45) is 0. The third-order valence-electron chi connectivity index (χ3n) is 3.17. The summed E-state index contributed by atoms with van der Waals surface area (Å²) in [5.41, 5.74) is 2.43. The molecule has 112 valence electrons. The van der Waals surface area contributed by atoms with Crippen LogP contribution in [-0.4, -0.2) is 30.5 Å².